The normalized spacial score (nSPS) is 11.2. The zero-order chi connectivity index (χ0) is 37.3. The Bertz CT molecular complexity index is 2910. The van der Waals surface area contributed by atoms with Crippen LogP contribution in [0.2, 0.25) is 0 Å². The van der Waals surface area contributed by atoms with E-state index >= 15 is 0 Å². The molecule has 2 nitrogen and oxygen atoms in total. The number of rotatable bonds is 8. The minimum atomic E-state index is 0.860. The number of benzene rings is 9. The fourth-order valence-corrected chi connectivity index (χ4v) is 7.91. The van der Waals surface area contributed by atoms with Gasteiger partial charge in [-0.1, -0.05) is 182 Å². The third-order valence-corrected chi connectivity index (χ3v) is 10.7. The quantitative estimate of drug-likeness (QED) is 0.156. The molecule has 9 aromatic carbocycles. The molecule has 1 aromatic heterocycles. The molecular weight excluding hydrogens is 679 g/mol. The lowest BCUT2D eigenvalue weighted by molar-refractivity contribution is 0.632. The minimum Gasteiger partial charge on any atom is -0.456 e. The maximum Gasteiger partial charge on any atom is 0.136 e. The third kappa shape index (κ3) is 6.24. The molecule has 0 saturated carbocycles. The summed E-state index contributed by atoms with van der Waals surface area (Å²) in [6.07, 6.45) is 0. The van der Waals surface area contributed by atoms with Crippen molar-refractivity contribution in [1.29, 1.82) is 0 Å². The van der Waals surface area contributed by atoms with E-state index in [1.54, 1.807) is 0 Å². The summed E-state index contributed by atoms with van der Waals surface area (Å²) in [5.74, 6) is 0.860. The molecule has 10 rings (SSSR count). The third-order valence-electron chi connectivity index (χ3n) is 10.7. The molecule has 10 aromatic rings. The molecule has 0 aliphatic rings. The van der Waals surface area contributed by atoms with E-state index in [1.165, 1.54) is 27.5 Å². The summed E-state index contributed by atoms with van der Waals surface area (Å²) < 4.78 is 6.46. The Morgan fingerprint density at radius 3 is 1.62 bits per heavy atom. The molecule has 0 atom stereocenters. The second kappa shape index (κ2) is 14.4. The Hall–Kier alpha value is -7.42. The maximum absolute atomic E-state index is 6.46. The van der Waals surface area contributed by atoms with E-state index in [4.69, 9.17) is 4.42 Å². The van der Waals surface area contributed by atoms with Crippen molar-refractivity contribution in [3.8, 4) is 55.8 Å². The van der Waals surface area contributed by atoms with Crippen molar-refractivity contribution in [2.24, 2.45) is 0 Å². The van der Waals surface area contributed by atoms with Gasteiger partial charge in [0.1, 0.15) is 11.3 Å². The first-order chi connectivity index (χ1) is 27.8. The van der Waals surface area contributed by atoms with Gasteiger partial charge in [0.05, 0.1) is 11.4 Å². The van der Waals surface area contributed by atoms with Gasteiger partial charge in [-0.25, -0.2) is 0 Å². The van der Waals surface area contributed by atoms with Crippen LogP contribution in [-0.2, 0) is 0 Å². The molecule has 0 aliphatic heterocycles. The first kappa shape index (κ1) is 33.2. The predicted molar refractivity (Wildman–Crippen MR) is 236 cm³/mol. The Morgan fingerprint density at radius 2 is 0.839 bits per heavy atom. The highest BCUT2D eigenvalue weighted by Crippen LogP contribution is 2.45. The summed E-state index contributed by atoms with van der Waals surface area (Å²) >= 11 is 0. The lowest BCUT2D eigenvalue weighted by Gasteiger charge is -2.29. The van der Waals surface area contributed by atoms with Crippen LogP contribution >= 0.6 is 0 Å². The van der Waals surface area contributed by atoms with Crippen LogP contribution < -0.4 is 4.90 Å². The molecule has 0 aliphatic carbocycles. The van der Waals surface area contributed by atoms with Crippen molar-refractivity contribution < 1.29 is 4.42 Å². The van der Waals surface area contributed by atoms with Crippen molar-refractivity contribution >= 4 is 38.8 Å². The van der Waals surface area contributed by atoms with Crippen LogP contribution in [-0.4, -0.2) is 0 Å². The number of anilines is 3. The van der Waals surface area contributed by atoms with Crippen molar-refractivity contribution in [3.05, 3.63) is 224 Å². The molecule has 0 unspecified atom stereocenters. The summed E-state index contributed by atoms with van der Waals surface area (Å²) in [6.45, 7) is 0. The Kier molecular flexibility index (Phi) is 8.55. The molecule has 0 fully saturated rings. The van der Waals surface area contributed by atoms with Gasteiger partial charge in [-0.2, -0.15) is 0 Å². The van der Waals surface area contributed by atoms with Gasteiger partial charge in [0, 0.05) is 27.6 Å². The van der Waals surface area contributed by atoms with E-state index in [2.05, 4.69) is 217 Å². The topological polar surface area (TPSA) is 16.4 Å². The van der Waals surface area contributed by atoms with Crippen LogP contribution in [0, 0.1) is 0 Å². The van der Waals surface area contributed by atoms with Crippen molar-refractivity contribution in [2.45, 2.75) is 0 Å². The highest BCUT2D eigenvalue weighted by Gasteiger charge is 2.20. The highest BCUT2D eigenvalue weighted by atomic mass is 16.3. The number of hydrogen-bond acceptors (Lipinski definition) is 2. The van der Waals surface area contributed by atoms with Crippen LogP contribution in [0.5, 0.6) is 0 Å². The number of hydrogen-bond donors (Lipinski definition) is 0. The summed E-state index contributed by atoms with van der Waals surface area (Å²) in [5, 5.41) is 3.49. The second-order valence-corrected chi connectivity index (χ2v) is 14.1. The number of nitrogens with zero attached hydrogens (tertiary/aromatic N) is 1. The summed E-state index contributed by atoms with van der Waals surface area (Å²) in [6, 6.07) is 80.0. The molecule has 0 spiro atoms. The molecule has 0 saturated heterocycles. The van der Waals surface area contributed by atoms with Gasteiger partial charge >= 0.3 is 0 Å². The smallest absolute Gasteiger partial charge is 0.136 e. The molecule has 264 valence electrons. The van der Waals surface area contributed by atoms with Crippen LogP contribution in [0.3, 0.4) is 0 Å². The molecule has 0 N–H and O–H groups in total. The number of furan rings is 1. The number of fused-ring (bicyclic) bond motifs is 2. The van der Waals surface area contributed by atoms with Gasteiger partial charge in [0.2, 0.25) is 0 Å². The maximum atomic E-state index is 6.46. The Morgan fingerprint density at radius 1 is 0.304 bits per heavy atom. The molecule has 1 heterocycles. The summed E-state index contributed by atoms with van der Waals surface area (Å²) in [4.78, 5) is 2.41. The van der Waals surface area contributed by atoms with Crippen LogP contribution in [0.25, 0.3) is 77.6 Å². The van der Waals surface area contributed by atoms with Gasteiger partial charge in [0.25, 0.3) is 0 Å². The van der Waals surface area contributed by atoms with Crippen LogP contribution in [0.4, 0.5) is 17.1 Å². The van der Waals surface area contributed by atoms with Gasteiger partial charge in [-0.15, -0.1) is 0 Å². The largest absolute Gasteiger partial charge is 0.456 e. The van der Waals surface area contributed by atoms with Crippen molar-refractivity contribution in [1.82, 2.24) is 0 Å². The van der Waals surface area contributed by atoms with Gasteiger partial charge in [-0.05, 0) is 86.8 Å². The van der Waals surface area contributed by atoms with E-state index < -0.39 is 0 Å². The zero-order valence-corrected chi connectivity index (χ0v) is 30.7. The summed E-state index contributed by atoms with van der Waals surface area (Å²) in [7, 11) is 0. The van der Waals surface area contributed by atoms with Crippen molar-refractivity contribution in [3.63, 3.8) is 0 Å². The van der Waals surface area contributed by atoms with E-state index in [-0.39, 0.29) is 0 Å². The van der Waals surface area contributed by atoms with Crippen LogP contribution in [0.1, 0.15) is 0 Å². The molecule has 0 radical (unpaired) electrons. The van der Waals surface area contributed by atoms with Gasteiger partial charge in [0.15, 0.2) is 0 Å². The van der Waals surface area contributed by atoms with E-state index in [0.29, 0.717) is 0 Å². The summed E-state index contributed by atoms with van der Waals surface area (Å²) in [5.41, 5.74) is 14.6. The highest BCUT2D eigenvalue weighted by molar-refractivity contribution is 6.01. The molecule has 56 heavy (non-hydrogen) atoms. The lowest BCUT2D eigenvalue weighted by Crippen LogP contribution is -2.11. The number of para-hydroxylation sites is 2. The molecule has 2 heteroatoms. The average molecular weight is 716 g/mol. The molecule has 0 amide bonds. The lowest BCUT2D eigenvalue weighted by atomic mass is 9.93. The average Bonchev–Trinajstić information content (AvgIpc) is 3.72. The van der Waals surface area contributed by atoms with Crippen molar-refractivity contribution in [2.75, 3.05) is 4.90 Å². The molecule has 0 bridgehead atoms. The zero-order valence-electron chi connectivity index (χ0n) is 30.7. The SMILES string of the molecule is c1ccc(-c2ccc(-c3ccccc3N(c3ccc(-c4ccc(-c5ccccc5)c(-c5cc6ccccc6o5)c4)cc3)c3cccc4ccccc34)cc2)cc1. The predicted octanol–water partition coefficient (Wildman–Crippen LogP) is 15.4. The van der Waals surface area contributed by atoms with Gasteiger partial charge in [-0.3, -0.25) is 0 Å². The first-order valence-electron chi connectivity index (χ1n) is 19.1. The standard InChI is InChI=1S/C54H37NO/c1-3-14-38(15-4-1)39-26-28-43(29-27-39)49-22-10-11-23-51(49)55(52-24-13-20-42-18-7-9-21-48(42)52)46-33-30-40(31-34-46)44-32-35-47(41-16-5-2-6-17-41)50(36-44)54-37-45-19-8-12-25-53(45)56-54/h1-37H. The fraction of sp³-hybridized carbons (Fsp3) is 0. The van der Waals surface area contributed by atoms with E-state index in [0.717, 1.165) is 67.2 Å². The Balaban J connectivity index is 1.08. The Labute approximate surface area is 327 Å². The van der Waals surface area contributed by atoms with Gasteiger partial charge < -0.3 is 9.32 Å². The first-order valence-corrected chi connectivity index (χ1v) is 19.1. The van der Waals surface area contributed by atoms with E-state index in [9.17, 15) is 0 Å². The van der Waals surface area contributed by atoms with E-state index in [1.807, 2.05) is 12.1 Å². The second-order valence-electron chi connectivity index (χ2n) is 14.1. The monoisotopic (exact) mass is 715 g/mol. The molecular formula is C54H37NO. The van der Waals surface area contributed by atoms with Crippen LogP contribution in [0.15, 0.2) is 229 Å². The minimum absolute atomic E-state index is 0.860. The fourth-order valence-electron chi connectivity index (χ4n) is 7.91.